The van der Waals surface area contributed by atoms with Gasteiger partial charge in [-0.1, -0.05) is 0 Å². The molecule has 0 aromatic carbocycles. The molecule has 1 unspecified atom stereocenters. The van der Waals surface area contributed by atoms with E-state index in [4.69, 9.17) is 0 Å². The second-order valence-electron chi connectivity index (χ2n) is 5.85. The monoisotopic (exact) mass is 456 g/mol. The van der Waals surface area contributed by atoms with Crippen LogP contribution in [0.1, 0.15) is 12.8 Å². The fourth-order valence-electron chi connectivity index (χ4n) is 2.99. The zero-order chi connectivity index (χ0) is 25.0. The lowest BCUT2D eigenvalue weighted by atomic mass is 9.72. The van der Waals surface area contributed by atoms with E-state index >= 15 is 0 Å². The van der Waals surface area contributed by atoms with Crippen LogP contribution in [0.25, 0.3) is 0 Å². The van der Waals surface area contributed by atoms with Crippen LogP contribution in [0.5, 0.6) is 0 Å². The molecule has 0 rings (SSSR count). The average molecular weight is 456 g/mol. The van der Waals surface area contributed by atoms with E-state index in [1.54, 1.807) is 0 Å². The highest BCUT2D eigenvalue weighted by molar-refractivity contribution is 5.41. The summed E-state index contributed by atoms with van der Waals surface area (Å²) in [5, 5.41) is 0. The Kier molecular flexibility index (Phi) is 14.3. The Morgan fingerprint density at radius 1 is 0.545 bits per heavy atom. The summed E-state index contributed by atoms with van der Waals surface area (Å²) >= 11 is 0. The summed E-state index contributed by atoms with van der Waals surface area (Å²) < 4.78 is 0. The van der Waals surface area contributed by atoms with E-state index in [0.717, 1.165) is 24.3 Å². The Morgan fingerprint density at radius 3 is 1.33 bits per heavy atom. The predicted molar refractivity (Wildman–Crippen MR) is 101 cm³/mol. The third-order valence-corrected chi connectivity index (χ3v) is 4.28. The van der Waals surface area contributed by atoms with E-state index in [9.17, 15) is 38.4 Å². The maximum Gasteiger partial charge on any atom is 0.237 e. The molecule has 16 nitrogen and oxygen atoms in total. The molecule has 0 aliphatic rings. The molecule has 0 radical (unpaired) electrons. The summed E-state index contributed by atoms with van der Waals surface area (Å²) in [6.07, 6.45) is 3.31. The summed E-state index contributed by atoms with van der Waals surface area (Å²) in [4.78, 5) is 113. The molecule has 0 aromatic heterocycles. The van der Waals surface area contributed by atoms with E-state index in [2.05, 4.69) is 39.9 Å². The molecular formula is C17H12N8O8. The van der Waals surface area contributed by atoms with Crippen molar-refractivity contribution in [2.45, 2.75) is 31.3 Å². The topological polar surface area (TPSA) is 235 Å². The molecule has 0 fully saturated rings. The highest BCUT2D eigenvalue weighted by atomic mass is 16.1. The molecule has 0 bridgehead atoms. The maximum absolute atomic E-state index is 11.0. The van der Waals surface area contributed by atoms with Gasteiger partial charge in [-0.2, -0.15) is 30.0 Å². The first-order valence-corrected chi connectivity index (χ1v) is 8.54. The Morgan fingerprint density at radius 2 is 0.970 bits per heavy atom. The van der Waals surface area contributed by atoms with Crippen molar-refractivity contribution in [1.82, 2.24) is 0 Å². The molecule has 16 heteroatoms. The molecular weight excluding hydrogens is 444 g/mol. The molecule has 0 spiro atoms. The first-order valence-electron chi connectivity index (χ1n) is 8.54. The third kappa shape index (κ3) is 8.74. The van der Waals surface area contributed by atoms with Crippen LogP contribution in [0.15, 0.2) is 39.9 Å². The standard InChI is InChI=1S/C17H12N8O8/c26-5-18-2-1-13(14(20-7-28)21-8-29)3-17(4-19-6-27,15(22-9-30)23-10-31)16(24-11-32)25-12-33/h13-16H,1-4H2. The van der Waals surface area contributed by atoms with Crippen LogP contribution in [0.4, 0.5) is 0 Å². The summed E-state index contributed by atoms with van der Waals surface area (Å²) in [6, 6.07) is 0. The number of nitrogens with zero attached hydrogens (tertiary/aromatic N) is 8. The van der Waals surface area contributed by atoms with Crippen molar-refractivity contribution in [1.29, 1.82) is 0 Å². The minimum absolute atomic E-state index is 0.173. The van der Waals surface area contributed by atoms with Crippen LogP contribution in [0.2, 0.25) is 0 Å². The van der Waals surface area contributed by atoms with E-state index < -0.39 is 42.8 Å². The van der Waals surface area contributed by atoms with Crippen molar-refractivity contribution in [2.75, 3.05) is 13.1 Å². The lowest BCUT2D eigenvalue weighted by Gasteiger charge is -2.38. The van der Waals surface area contributed by atoms with Gasteiger partial charge in [-0.3, -0.25) is 0 Å². The van der Waals surface area contributed by atoms with Crippen LogP contribution >= 0.6 is 0 Å². The molecule has 0 aliphatic carbocycles. The molecule has 0 saturated carbocycles. The van der Waals surface area contributed by atoms with Gasteiger partial charge in [0.15, 0.2) is 18.5 Å². The number of aliphatic imine (C=N–C) groups is 8. The summed E-state index contributed by atoms with van der Waals surface area (Å²) in [5.74, 6) is -1.12. The molecule has 0 aliphatic heterocycles. The fourth-order valence-corrected chi connectivity index (χ4v) is 2.99. The Hall–Kier alpha value is -4.96. The van der Waals surface area contributed by atoms with E-state index in [1.165, 1.54) is 24.3 Å². The van der Waals surface area contributed by atoms with E-state index in [1.807, 2.05) is 0 Å². The smallest absolute Gasteiger partial charge is 0.211 e. The van der Waals surface area contributed by atoms with E-state index in [-0.39, 0.29) is 13.0 Å². The minimum Gasteiger partial charge on any atom is -0.211 e. The highest BCUT2D eigenvalue weighted by Gasteiger charge is 2.50. The summed E-state index contributed by atoms with van der Waals surface area (Å²) in [5.41, 5.74) is -2.08. The lowest BCUT2D eigenvalue weighted by molar-refractivity contribution is 0.130. The summed E-state index contributed by atoms with van der Waals surface area (Å²) in [6.45, 7) is -1.02. The van der Waals surface area contributed by atoms with Gasteiger partial charge in [-0.15, -0.1) is 0 Å². The number of hydrogen-bond donors (Lipinski definition) is 0. The molecule has 168 valence electrons. The zero-order valence-corrected chi connectivity index (χ0v) is 16.5. The highest BCUT2D eigenvalue weighted by Crippen LogP contribution is 2.42. The molecule has 0 heterocycles. The predicted octanol–water partition coefficient (Wildman–Crippen LogP) is -0.966. The van der Waals surface area contributed by atoms with Crippen LogP contribution in [0.3, 0.4) is 0 Å². The maximum atomic E-state index is 11.0. The van der Waals surface area contributed by atoms with Crippen molar-refractivity contribution in [3.05, 3.63) is 0 Å². The van der Waals surface area contributed by atoms with Crippen LogP contribution in [-0.2, 0) is 38.4 Å². The normalized spacial score (nSPS) is 14.3. The van der Waals surface area contributed by atoms with Crippen LogP contribution < -0.4 is 0 Å². The van der Waals surface area contributed by atoms with Gasteiger partial charge in [0.25, 0.3) is 0 Å². The Balaban J connectivity index is 7.26. The van der Waals surface area contributed by atoms with Gasteiger partial charge < -0.3 is 0 Å². The minimum atomic E-state index is -2.08. The van der Waals surface area contributed by atoms with Gasteiger partial charge in [-0.25, -0.2) is 48.3 Å². The van der Waals surface area contributed by atoms with Gasteiger partial charge in [0.05, 0.1) is 18.5 Å². The van der Waals surface area contributed by atoms with Gasteiger partial charge >= 0.3 is 0 Å². The fraction of sp³-hybridized carbons (Fsp3) is 0.529. The zero-order valence-electron chi connectivity index (χ0n) is 16.5. The Labute approximate surface area is 183 Å². The van der Waals surface area contributed by atoms with Gasteiger partial charge in [-0.05, 0) is 12.8 Å². The van der Waals surface area contributed by atoms with Crippen molar-refractivity contribution in [2.24, 2.45) is 51.3 Å². The Bertz CT molecular complexity index is 978. The first-order chi connectivity index (χ1) is 16.0. The number of isocyanates is 8. The van der Waals surface area contributed by atoms with Crippen molar-refractivity contribution in [3.63, 3.8) is 0 Å². The van der Waals surface area contributed by atoms with E-state index in [0.29, 0.717) is 0 Å². The second kappa shape index (κ2) is 16.8. The number of hydrogen-bond acceptors (Lipinski definition) is 16. The van der Waals surface area contributed by atoms with Crippen molar-refractivity contribution < 1.29 is 38.4 Å². The van der Waals surface area contributed by atoms with Gasteiger partial charge in [0.2, 0.25) is 48.6 Å². The second-order valence-corrected chi connectivity index (χ2v) is 5.85. The van der Waals surface area contributed by atoms with Gasteiger partial charge in [0.1, 0.15) is 0 Å². The third-order valence-electron chi connectivity index (χ3n) is 4.28. The SMILES string of the molecule is O=C=NCCC(CC(CN=C=O)(C(N=C=O)N=C=O)C(N=C=O)N=C=O)C(N=C=O)N=C=O. The average Bonchev–Trinajstić information content (AvgIpc) is 2.80. The number of carbonyl (C=O) groups excluding carboxylic acids is 8. The molecule has 0 amide bonds. The van der Waals surface area contributed by atoms with Crippen LogP contribution in [0, 0.1) is 11.3 Å². The van der Waals surface area contributed by atoms with Crippen molar-refractivity contribution >= 4 is 48.6 Å². The largest absolute Gasteiger partial charge is 0.237 e. The molecule has 1 atom stereocenters. The van der Waals surface area contributed by atoms with Gasteiger partial charge in [0, 0.05) is 5.92 Å². The van der Waals surface area contributed by atoms with Crippen LogP contribution in [-0.4, -0.2) is 80.2 Å². The molecule has 0 N–H and O–H groups in total. The van der Waals surface area contributed by atoms with Crippen molar-refractivity contribution in [3.8, 4) is 0 Å². The summed E-state index contributed by atoms with van der Waals surface area (Å²) in [7, 11) is 0. The first kappa shape index (κ1) is 28.0. The quantitative estimate of drug-likeness (QED) is 0.206. The molecule has 0 saturated heterocycles. The number of rotatable bonds is 16. The lowest BCUT2D eigenvalue weighted by Crippen LogP contribution is -2.47. The molecule has 0 aromatic rings. The molecule has 33 heavy (non-hydrogen) atoms.